The van der Waals surface area contributed by atoms with Crippen molar-refractivity contribution in [2.45, 2.75) is 49.6 Å². The number of hydrogen-bond donors (Lipinski definition) is 1. The zero-order valence-electron chi connectivity index (χ0n) is 21.8. The van der Waals surface area contributed by atoms with Gasteiger partial charge in [0, 0.05) is 39.5 Å². The normalized spacial score (nSPS) is 14.7. The van der Waals surface area contributed by atoms with Gasteiger partial charge in [0.25, 0.3) is 0 Å². The molecule has 200 valence electrons. The van der Waals surface area contributed by atoms with E-state index < -0.39 is 16.1 Å². The largest absolute Gasteiger partial charge is 0.357 e. The smallest absolute Gasteiger partial charge is 0.243 e. The number of hydrogen-bond acceptors (Lipinski definition) is 4. The molecule has 38 heavy (non-hydrogen) atoms. The lowest BCUT2D eigenvalue weighted by molar-refractivity contribution is -0.141. The van der Waals surface area contributed by atoms with Crippen LogP contribution in [-0.4, -0.2) is 55.6 Å². The van der Waals surface area contributed by atoms with Gasteiger partial charge >= 0.3 is 0 Å². The molecule has 1 N–H and O–H groups in total. The minimum atomic E-state index is -3.47. The van der Waals surface area contributed by atoms with Crippen molar-refractivity contribution in [1.29, 1.82) is 0 Å². The standard InChI is InChI=1S/C30H35N3O4S/c1-31-30(35)28(22-25-10-4-2-5-11-25)33(23-26-12-6-3-7-13-26)29(34)19-16-24-14-17-27(18-15-24)38(36,37)32-20-8-9-21-32/h2-7,10-15,17-18,28H,8-9,16,19-23H2,1H3,(H,31,35)/t28-/m1/s1. The summed E-state index contributed by atoms with van der Waals surface area (Å²) in [6.07, 6.45) is 2.83. The molecule has 0 aromatic heterocycles. The zero-order valence-corrected chi connectivity index (χ0v) is 22.6. The highest BCUT2D eigenvalue weighted by Crippen LogP contribution is 2.22. The molecular formula is C30H35N3O4S. The highest BCUT2D eigenvalue weighted by atomic mass is 32.2. The molecule has 1 heterocycles. The number of benzene rings is 3. The quantitative estimate of drug-likeness (QED) is 0.406. The van der Waals surface area contributed by atoms with E-state index in [9.17, 15) is 18.0 Å². The Hall–Kier alpha value is -3.49. The molecule has 0 bridgehead atoms. The van der Waals surface area contributed by atoms with Crippen molar-refractivity contribution in [2.24, 2.45) is 0 Å². The summed E-state index contributed by atoms with van der Waals surface area (Å²) in [6, 6.07) is 25.5. The molecule has 0 spiro atoms. The van der Waals surface area contributed by atoms with Crippen LogP contribution in [0.15, 0.2) is 89.8 Å². The first kappa shape index (κ1) is 27.5. The van der Waals surface area contributed by atoms with Crippen LogP contribution in [0.5, 0.6) is 0 Å². The Morgan fingerprint density at radius 1 is 0.842 bits per heavy atom. The van der Waals surface area contributed by atoms with Gasteiger partial charge in [-0.25, -0.2) is 8.42 Å². The predicted molar refractivity (Wildman–Crippen MR) is 148 cm³/mol. The molecule has 1 atom stereocenters. The van der Waals surface area contributed by atoms with Crippen LogP contribution in [0.1, 0.15) is 36.0 Å². The monoisotopic (exact) mass is 533 g/mol. The summed E-state index contributed by atoms with van der Waals surface area (Å²) in [4.78, 5) is 28.6. The van der Waals surface area contributed by atoms with Crippen LogP contribution in [0.3, 0.4) is 0 Å². The highest BCUT2D eigenvalue weighted by Gasteiger charge is 2.30. The summed E-state index contributed by atoms with van der Waals surface area (Å²) in [5.74, 6) is -0.346. The second-order valence-electron chi connectivity index (χ2n) is 9.58. The van der Waals surface area contributed by atoms with Gasteiger partial charge in [-0.1, -0.05) is 72.8 Å². The Balaban J connectivity index is 1.50. The molecule has 3 aromatic carbocycles. The van der Waals surface area contributed by atoms with Crippen LogP contribution in [0.2, 0.25) is 0 Å². The number of likely N-dealkylation sites (N-methyl/N-ethyl adjacent to an activating group) is 1. The molecule has 3 aromatic rings. The first-order valence-corrected chi connectivity index (χ1v) is 14.5. The van der Waals surface area contributed by atoms with Gasteiger partial charge in [0.15, 0.2) is 0 Å². The molecule has 4 rings (SSSR count). The van der Waals surface area contributed by atoms with E-state index in [0.717, 1.165) is 29.5 Å². The van der Waals surface area contributed by atoms with Gasteiger partial charge < -0.3 is 10.2 Å². The fourth-order valence-corrected chi connectivity index (χ4v) is 6.32. The van der Waals surface area contributed by atoms with Crippen LogP contribution < -0.4 is 5.32 Å². The molecule has 2 amide bonds. The molecular weight excluding hydrogens is 498 g/mol. The molecule has 1 aliphatic heterocycles. The number of amides is 2. The molecule has 1 aliphatic rings. The maximum absolute atomic E-state index is 13.6. The Kier molecular flexibility index (Phi) is 9.31. The first-order chi connectivity index (χ1) is 18.4. The minimum Gasteiger partial charge on any atom is -0.357 e. The van der Waals surface area contributed by atoms with Crippen LogP contribution in [0, 0.1) is 0 Å². The van der Waals surface area contributed by atoms with E-state index in [-0.39, 0.29) is 23.1 Å². The predicted octanol–water partition coefficient (Wildman–Crippen LogP) is 3.79. The first-order valence-electron chi connectivity index (χ1n) is 13.1. The number of nitrogens with zero attached hydrogens (tertiary/aromatic N) is 2. The van der Waals surface area contributed by atoms with Crippen LogP contribution in [-0.2, 0) is 39.0 Å². The summed E-state index contributed by atoms with van der Waals surface area (Å²) in [5, 5.41) is 2.73. The lowest BCUT2D eigenvalue weighted by Crippen LogP contribution is -2.49. The zero-order chi connectivity index (χ0) is 27.0. The summed E-state index contributed by atoms with van der Waals surface area (Å²) in [6.45, 7) is 1.44. The second-order valence-corrected chi connectivity index (χ2v) is 11.5. The van der Waals surface area contributed by atoms with Crippen molar-refractivity contribution in [2.75, 3.05) is 20.1 Å². The molecule has 1 fully saturated rings. The van der Waals surface area contributed by atoms with E-state index in [4.69, 9.17) is 0 Å². The summed E-state index contributed by atoms with van der Waals surface area (Å²) in [7, 11) is -1.89. The number of sulfonamides is 1. The Morgan fingerprint density at radius 2 is 1.42 bits per heavy atom. The van der Waals surface area contributed by atoms with Crippen LogP contribution >= 0.6 is 0 Å². The molecule has 8 heteroatoms. The Bertz CT molecular complexity index is 1310. The number of nitrogens with one attached hydrogen (secondary N) is 1. The lowest BCUT2D eigenvalue weighted by Gasteiger charge is -2.31. The van der Waals surface area contributed by atoms with E-state index in [1.54, 1.807) is 36.2 Å². The van der Waals surface area contributed by atoms with Crippen molar-refractivity contribution >= 4 is 21.8 Å². The molecule has 1 saturated heterocycles. The molecule has 0 saturated carbocycles. The minimum absolute atomic E-state index is 0.132. The maximum atomic E-state index is 13.6. The van der Waals surface area contributed by atoms with Crippen LogP contribution in [0.4, 0.5) is 0 Å². The van der Waals surface area contributed by atoms with Gasteiger partial charge in [-0.05, 0) is 48.1 Å². The summed E-state index contributed by atoms with van der Waals surface area (Å²) in [5.41, 5.74) is 2.79. The average Bonchev–Trinajstić information content (AvgIpc) is 3.51. The Morgan fingerprint density at radius 3 is 2.00 bits per heavy atom. The highest BCUT2D eigenvalue weighted by molar-refractivity contribution is 7.89. The van der Waals surface area contributed by atoms with Gasteiger partial charge in [-0.15, -0.1) is 0 Å². The fraction of sp³-hybridized carbons (Fsp3) is 0.333. The molecule has 7 nitrogen and oxygen atoms in total. The van der Waals surface area contributed by atoms with Crippen molar-refractivity contribution in [3.63, 3.8) is 0 Å². The maximum Gasteiger partial charge on any atom is 0.243 e. The van der Waals surface area contributed by atoms with Crippen LogP contribution in [0.25, 0.3) is 0 Å². The van der Waals surface area contributed by atoms with Crippen molar-refractivity contribution < 1.29 is 18.0 Å². The van der Waals surface area contributed by atoms with Gasteiger partial charge in [0.2, 0.25) is 21.8 Å². The number of carbonyl (C=O) groups excluding carboxylic acids is 2. The van der Waals surface area contributed by atoms with Gasteiger partial charge in [0.1, 0.15) is 6.04 Å². The van der Waals surface area contributed by atoms with E-state index in [2.05, 4.69) is 5.32 Å². The van der Waals surface area contributed by atoms with E-state index >= 15 is 0 Å². The summed E-state index contributed by atoms with van der Waals surface area (Å²) >= 11 is 0. The van der Waals surface area contributed by atoms with Crippen molar-refractivity contribution in [1.82, 2.24) is 14.5 Å². The van der Waals surface area contributed by atoms with E-state index in [1.807, 2.05) is 60.7 Å². The summed E-state index contributed by atoms with van der Waals surface area (Å²) < 4.78 is 27.2. The SMILES string of the molecule is CNC(=O)[C@@H](Cc1ccccc1)N(Cc1ccccc1)C(=O)CCc1ccc(S(=O)(=O)N2CCCC2)cc1. The number of aryl methyl sites for hydroxylation is 1. The number of carbonyl (C=O) groups is 2. The average molecular weight is 534 g/mol. The molecule has 0 unspecified atom stereocenters. The lowest BCUT2D eigenvalue weighted by atomic mass is 10.0. The molecule has 0 aliphatic carbocycles. The molecule has 0 radical (unpaired) electrons. The van der Waals surface area contributed by atoms with Crippen molar-refractivity contribution in [3.05, 3.63) is 102 Å². The second kappa shape index (κ2) is 12.8. The third kappa shape index (κ3) is 6.88. The third-order valence-electron chi connectivity index (χ3n) is 6.97. The topological polar surface area (TPSA) is 86.8 Å². The van der Waals surface area contributed by atoms with E-state index in [0.29, 0.717) is 32.5 Å². The Labute approximate surface area is 225 Å². The fourth-order valence-electron chi connectivity index (χ4n) is 4.80. The van der Waals surface area contributed by atoms with E-state index in [1.165, 1.54) is 4.31 Å². The number of rotatable bonds is 11. The van der Waals surface area contributed by atoms with Gasteiger partial charge in [-0.3, -0.25) is 9.59 Å². The van der Waals surface area contributed by atoms with Gasteiger partial charge in [-0.2, -0.15) is 4.31 Å². The van der Waals surface area contributed by atoms with Gasteiger partial charge in [0.05, 0.1) is 4.90 Å². The third-order valence-corrected chi connectivity index (χ3v) is 8.88. The van der Waals surface area contributed by atoms with Crippen molar-refractivity contribution in [3.8, 4) is 0 Å².